The Bertz CT molecular complexity index is 606. The van der Waals surface area contributed by atoms with Crippen molar-refractivity contribution in [3.63, 3.8) is 0 Å². The Balaban J connectivity index is 2.45. The second kappa shape index (κ2) is 10.6. The first-order valence-corrected chi connectivity index (χ1v) is 9.64. The third-order valence-corrected chi connectivity index (χ3v) is 4.38. The van der Waals surface area contributed by atoms with Crippen molar-refractivity contribution in [3.8, 4) is 0 Å². The molecule has 6 nitrogen and oxygen atoms in total. The monoisotopic (exact) mass is 395 g/mol. The van der Waals surface area contributed by atoms with E-state index in [1.165, 1.54) is 5.56 Å². The highest BCUT2D eigenvalue weighted by Crippen LogP contribution is 2.31. The minimum atomic E-state index is -0.997. The molecule has 1 unspecified atom stereocenters. The zero-order valence-electron chi connectivity index (χ0n) is 17.0. The van der Waals surface area contributed by atoms with Crippen molar-refractivity contribution in [2.45, 2.75) is 58.3 Å². The zero-order chi connectivity index (χ0) is 20.5. The zero-order valence-corrected chi connectivity index (χ0v) is 17.8. The smallest absolute Gasteiger partial charge is 0.239 e. The summed E-state index contributed by atoms with van der Waals surface area (Å²) < 4.78 is 4.95. The molecule has 1 aromatic rings. The van der Waals surface area contributed by atoms with Crippen LogP contribution in [0, 0.1) is 0 Å². The molecule has 0 saturated carbocycles. The largest absolute Gasteiger partial charge is 0.366 e. The van der Waals surface area contributed by atoms with Gasteiger partial charge in [-0.05, 0) is 50.4 Å². The highest BCUT2D eigenvalue weighted by atomic mass is 32.1. The van der Waals surface area contributed by atoms with Gasteiger partial charge in [0, 0.05) is 12.1 Å². The maximum atomic E-state index is 11.8. The predicted molar refractivity (Wildman–Crippen MR) is 113 cm³/mol. The molecule has 1 amide bonds. The van der Waals surface area contributed by atoms with Crippen molar-refractivity contribution in [1.29, 1.82) is 0 Å². The van der Waals surface area contributed by atoms with Crippen molar-refractivity contribution in [3.05, 3.63) is 35.9 Å². The molecule has 152 valence electrons. The first-order chi connectivity index (χ1) is 12.6. The first kappa shape index (κ1) is 23.3. The topological polar surface area (TPSA) is 82.6 Å². The normalized spacial score (nSPS) is 13.0. The van der Waals surface area contributed by atoms with E-state index in [0.717, 1.165) is 6.42 Å². The molecule has 0 aliphatic heterocycles. The lowest BCUT2D eigenvalue weighted by atomic mass is 9.75. The highest BCUT2D eigenvalue weighted by Gasteiger charge is 2.30. The van der Waals surface area contributed by atoms with Gasteiger partial charge in [-0.3, -0.25) is 4.79 Å². The van der Waals surface area contributed by atoms with Crippen LogP contribution in [0.25, 0.3) is 0 Å². The Hall–Kier alpha value is -1.70. The van der Waals surface area contributed by atoms with E-state index in [0.29, 0.717) is 11.7 Å². The summed E-state index contributed by atoms with van der Waals surface area (Å²) in [5.74, 6) is -0.264. The van der Waals surface area contributed by atoms with Gasteiger partial charge in [0.1, 0.15) is 0 Å². The van der Waals surface area contributed by atoms with Crippen LogP contribution in [0.4, 0.5) is 0 Å². The standard InChI is InChI=1S/C20H33N3O3S/c1-6-26-17(25)13-21-16(24)12-22-18(27)23-20(4,5)14-19(2,3)15-10-8-7-9-11-15/h7-11,17,25H,6,12-14H2,1-5H3,(H,21,24)(H2,22,23,27). The van der Waals surface area contributed by atoms with Crippen LogP contribution in [-0.2, 0) is 14.9 Å². The minimum absolute atomic E-state index is 0.0276. The number of thiocarbonyl (C=S) groups is 1. The lowest BCUT2D eigenvalue weighted by molar-refractivity contribution is -0.125. The number of aliphatic hydroxyl groups is 1. The summed E-state index contributed by atoms with van der Waals surface area (Å²) in [6, 6.07) is 10.4. The number of ether oxygens (including phenoxy) is 1. The van der Waals surface area contributed by atoms with Crippen LogP contribution in [0.5, 0.6) is 0 Å². The molecule has 0 saturated heterocycles. The van der Waals surface area contributed by atoms with E-state index in [-0.39, 0.29) is 30.0 Å². The molecule has 0 bridgehead atoms. The van der Waals surface area contributed by atoms with Gasteiger partial charge >= 0.3 is 0 Å². The SMILES string of the molecule is CCOC(O)CNC(=O)CNC(=S)NC(C)(C)CC(C)(C)c1ccccc1. The van der Waals surface area contributed by atoms with Crippen LogP contribution in [0.3, 0.4) is 0 Å². The van der Waals surface area contributed by atoms with E-state index >= 15 is 0 Å². The molecule has 0 fully saturated rings. The second-order valence-electron chi connectivity index (χ2n) is 7.83. The second-order valence-corrected chi connectivity index (χ2v) is 8.24. The van der Waals surface area contributed by atoms with E-state index in [2.05, 4.69) is 55.8 Å². The average Bonchev–Trinajstić information content (AvgIpc) is 2.58. The molecular formula is C20H33N3O3S. The van der Waals surface area contributed by atoms with Crippen molar-refractivity contribution < 1.29 is 14.6 Å². The van der Waals surface area contributed by atoms with Crippen molar-refractivity contribution >= 4 is 23.2 Å². The van der Waals surface area contributed by atoms with E-state index in [1.54, 1.807) is 6.92 Å². The van der Waals surface area contributed by atoms with Crippen molar-refractivity contribution in [2.75, 3.05) is 19.7 Å². The van der Waals surface area contributed by atoms with E-state index in [1.807, 2.05) is 18.2 Å². The molecule has 0 aliphatic rings. The van der Waals surface area contributed by atoms with Gasteiger partial charge in [0.05, 0.1) is 13.1 Å². The maximum absolute atomic E-state index is 11.8. The lowest BCUT2D eigenvalue weighted by Gasteiger charge is -2.37. The summed E-state index contributed by atoms with van der Waals surface area (Å²) in [5, 5.41) is 18.6. The Morgan fingerprint density at radius 1 is 1.19 bits per heavy atom. The molecule has 0 heterocycles. The van der Waals surface area contributed by atoms with Crippen LogP contribution in [-0.4, -0.2) is 47.7 Å². The minimum Gasteiger partial charge on any atom is -0.366 e. The molecule has 4 N–H and O–H groups in total. The molecule has 0 radical (unpaired) electrons. The predicted octanol–water partition coefficient (Wildman–Crippen LogP) is 2.07. The fourth-order valence-electron chi connectivity index (χ4n) is 3.17. The molecular weight excluding hydrogens is 362 g/mol. The van der Waals surface area contributed by atoms with Gasteiger partial charge in [0.25, 0.3) is 0 Å². The van der Waals surface area contributed by atoms with Crippen LogP contribution in [0.1, 0.15) is 46.6 Å². The third-order valence-electron chi connectivity index (χ3n) is 4.13. The fraction of sp³-hybridized carbons (Fsp3) is 0.600. The molecule has 1 rings (SSSR count). The molecule has 27 heavy (non-hydrogen) atoms. The van der Waals surface area contributed by atoms with Gasteiger partial charge in [-0.15, -0.1) is 0 Å². The summed E-state index contributed by atoms with van der Waals surface area (Å²) in [6.07, 6.45) is -0.137. The van der Waals surface area contributed by atoms with Crippen LogP contribution < -0.4 is 16.0 Å². The summed E-state index contributed by atoms with van der Waals surface area (Å²) in [6.45, 7) is 10.8. The number of aliphatic hydroxyl groups excluding tert-OH is 1. The number of carbonyl (C=O) groups excluding carboxylic acids is 1. The number of benzene rings is 1. The van der Waals surface area contributed by atoms with Gasteiger partial charge in [-0.2, -0.15) is 0 Å². The molecule has 0 spiro atoms. The summed E-state index contributed by atoms with van der Waals surface area (Å²) >= 11 is 5.33. The number of hydrogen-bond acceptors (Lipinski definition) is 4. The molecule has 0 aromatic heterocycles. The number of amides is 1. The van der Waals surface area contributed by atoms with E-state index < -0.39 is 6.29 Å². The van der Waals surface area contributed by atoms with Crippen molar-refractivity contribution in [2.24, 2.45) is 0 Å². The van der Waals surface area contributed by atoms with Gasteiger partial charge in [-0.1, -0.05) is 44.2 Å². The van der Waals surface area contributed by atoms with Crippen LogP contribution in [0.2, 0.25) is 0 Å². The average molecular weight is 396 g/mol. The summed E-state index contributed by atoms with van der Waals surface area (Å²) in [5.41, 5.74) is 0.983. The van der Waals surface area contributed by atoms with Crippen LogP contribution in [0.15, 0.2) is 30.3 Å². The number of carbonyl (C=O) groups is 1. The van der Waals surface area contributed by atoms with Crippen molar-refractivity contribution in [1.82, 2.24) is 16.0 Å². The first-order valence-electron chi connectivity index (χ1n) is 9.23. The molecule has 7 heteroatoms. The number of nitrogens with one attached hydrogen (secondary N) is 3. The quantitative estimate of drug-likeness (QED) is 0.359. The lowest BCUT2D eigenvalue weighted by Crippen LogP contribution is -2.52. The third kappa shape index (κ3) is 9.17. The summed E-state index contributed by atoms with van der Waals surface area (Å²) in [4.78, 5) is 11.8. The fourth-order valence-corrected chi connectivity index (χ4v) is 3.52. The Morgan fingerprint density at radius 3 is 2.41 bits per heavy atom. The van der Waals surface area contributed by atoms with Gasteiger partial charge in [0.15, 0.2) is 11.4 Å². The molecule has 1 aromatic carbocycles. The Morgan fingerprint density at radius 2 is 1.81 bits per heavy atom. The van der Waals surface area contributed by atoms with Gasteiger partial charge in [-0.25, -0.2) is 0 Å². The van der Waals surface area contributed by atoms with E-state index in [9.17, 15) is 9.90 Å². The van der Waals surface area contributed by atoms with Gasteiger partial charge < -0.3 is 25.8 Å². The Kier molecular flexibility index (Phi) is 9.15. The van der Waals surface area contributed by atoms with Gasteiger partial charge in [0.2, 0.25) is 5.91 Å². The van der Waals surface area contributed by atoms with Crippen LogP contribution >= 0.6 is 12.2 Å². The number of hydrogen-bond donors (Lipinski definition) is 4. The molecule has 1 atom stereocenters. The molecule has 0 aliphatic carbocycles. The Labute approximate surface area is 168 Å². The maximum Gasteiger partial charge on any atom is 0.239 e. The summed E-state index contributed by atoms with van der Waals surface area (Å²) in [7, 11) is 0. The number of rotatable bonds is 10. The highest BCUT2D eigenvalue weighted by molar-refractivity contribution is 7.80. The van der Waals surface area contributed by atoms with E-state index in [4.69, 9.17) is 17.0 Å².